The van der Waals surface area contributed by atoms with Crippen molar-refractivity contribution < 1.29 is 22.3 Å². The maximum absolute atomic E-state index is 13.1. The molecule has 0 saturated carbocycles. The van der Waals surface area contributed by atoms with Gasteiger partial charge in [0.05, 0.1) is 16.5 Å². The minimum absolute atomic E-state index is 0.0830. The van der Waals surface area contributed by atoms with Crippen molar-refractivity contribution in [2.45, 2.75) is 30.8 Å². The van der Waals surface area contributed by atoms with Crippen molar-refractivity contribution in [3.63, 3.8) is 0 Å². The molecule has 3 rings (SSSR count). The van der Waals surface area contributed by atoms with E-state index in [0.717, 1.165) is 5.56 Å². The molecule has 0 radical (unpaired) electrons. The highest BCUT2D eigenvalue weighted by atomic mass is 35.5. The standard InChI is InChI=1S/C24H24ClFN2O4S/c1-2-32-23-13-12-20(15-21(23)25)33(30,31)28-22(14-17-6-4-3-5-7-17)24(29)27-16-18-8-10-19(26)11-9-18/h3-13,15,22,28H,2,14,16H2,1H3,(H,27,29)/t22-/m1/s1. The number of halogens is 2. The second-order valence-electron chi connectivity index (χ2n) is 7.23. The molecule has 0 aliphatic heterocycles. The van der Waals surface area contributed by atoms with Crippen LogP contribution in [0.15, 0.2) is 77.7 Å². The van der Waals surface area contributed by atoms with Crippen LogP contribution in [0.2, 0.25) is 5.02 Å². The number of sulfonamides is 1. The first-order chi connectivity index (χ1) is 15.8. The largest absolute Gasteiger partial charge is 0.492 e. The molecule has 0 aliphatic carbocycles. The number of benzene rings is 3. The molecule has 33 heavy (non-hydrogen) atoms. The normalized spacial score (nSPS) is 12.2. The molecule has 0 unspecified atom stereocenters. The zero-order valence-electron chi connectivity index (χ0n) is 17.9. The van der Waals surface area contributed by atoms with E-state index in [2.05, 4.69) is 10.0 Å². The summed E-state index contributed by atoms with van der Waals surface area (Å²) in [5.41, 5.74) is 1.47. The molecular formula is C24H24ClFN2O4S. The Labute approximate surface area is 197 Å². The molecule has 0 heterocycles. The van der Waals surface area contributed by atoms with Gasteiger partial charge in [-0.3, -0.25) is 4.79 Å². The van der Waals surface area contributed by atoms with E-state index in [0.29, 0.717) is 17.9 Å². The summed E-state index contributed by atoms with van der Waals surface area (Å²) in [5, 5.41) is 2.87. The third-order valence-corrected chi connectivity index (χ3v) is 6.55. The summed E-state index contributed by atoms with van der Waals surface area (Å²) in [5.74, 6) is -0.520. The summed E-state index contributed by atoms with van der Waals surface area (Å²) in [4.78, 5) is 12.9. The molecular weight excluding hydrogens is 467 g/mol. The first-order valence-corrected chi connectivity index (χ1v) is 12.2. The second kappa shape index (κ2) is 11.3. The Morgan fingerprint density at radius 2 is 1.73 bits per heavy atom. The molecule has 0 aromatic heterocycles. The van der Waals surface area contributed by atoms with Crippen molar-refractivity contribution >= 4 is 27.5 Å². The zero-order valence-corrected chi connectivity index (χ0v) is 19.5. The minimum atomic E-state index is -4.07. The number of carbonyl (C=O) groups excluding carboxylic acids is 1. The number of carbonyl (C=O) groups is 1. The highest BCUT2D eigenvalue weighted by molar-refractivity contribution is 7.89. The Morgan fingerprint density at radius 1 is 1.03 bits per heavy atom. The molecule has 6 nitrogen and oxygen atoms in total. The maximum atomic E-state index is 13.1. The average molecular weight is 491 g/mol. The summed E-state index contributed by atoms with van der Waals surface area (Å²) >= 11 is 6.15. The topological polar surface area (TPSA) is 84.5 Å². The van der Waals surface area contributed by atoms with Crippen molar-refractivity contribution in [2.24, 2.45) is 0 Å². The first-order valence-electron chi connectivity index (χ1n) is 10.3. The van der Waals surface area contributed by atoms with Gasteiger partial charge in [-0.1, -0.05) is 54.1 Å². The number of hydrogen-bond acceptors (Lipinski definition) is 4. The van der Waals surface area contributed by atoms with Crippen LogP contribution in [0.3, 0.4) is 0 Å². The summed E-state index contributed by atoms with van der Waals surface area (Å²) in [7, 11) is -4.07. The van der Waals surface area contributed by atoms with Crippen molar-refractivity contribution in [1.29, 1.82) is 0 Å². The van der Waals surface area contributed by atoms with E-state index in [9.17, 15) is 17.6 Å². The summed E-state index contributed by atoms with van der Waals surface area (Å²) in [6.07, 6.45) is 0.139. The lowest BCUT2D eigenvalue weighted by Gasteiger charge is -2.19. The van der Waals surface area contributed by atoms with Crippen LogP contribution in [0.5, 0.6) is 5.75 Å². The molecule has 3 aromatic rings. The van der Waals surface area contributed by atoms with E-state index in [1.165, 1.54) is 30.3 Å². The molecule has 0 saturated heterocycles. The van der Waals surface area contributed by atoms with E-state index in [1.54, 1.807) is 19.1 Å². The third kappa shape index (κ3) is 7.02. The van der Waals surface area contributed by atoms with Gasteiger partial charge in [0.15, 0.2) is 0 Å². The van der Waals surface area contributed by atoms with Crippen LogP contribution in [0.4, 0.5) is 4.39 Å². The fraction of sp³-hybridized carbons (Fsp3) is 0.208. The molecule has 1 amide bonds. The van der Waals surface area contributed by atoms with Crippen LogP contribution in [0.1, 0.15) is 18.1 Å². The Bertz CT molecular complexity index is 1190. The van der Waals surface area contributed by atoms with Crippen LogP contribution in [-0.2, 0) is 27.8 Å². The van der Waals surface area contributed by atoms with Crippen LogP contribution in [-0.4, -0.2) is 27.0 Å². The number of nitrogens with one attached hydrogen (secondary N) is 2. The van der Waals surface area contributed by atoms with E-state index in [-0.39, 0.29) is 28.7 Å². The molecule has 0 spiro atoms. The van der Waals surface area contributed by atoms with E-state index < -0.39 is 22.0 Å². The van der Waals surface area contributed by atoms with Crippen LogP contribution in [0, 0.1) is 5.82 Å². The zero-order chi connectivity index (χ0) is 23.8. The summed E-state index contributed by atoms with van der Waals surface area (Å²) in [6, 6.07) is 17.8. The number of amides is 1. The van der Waals surface area contributed by atoms with Crippen molar-refractivity contribution in [2.75, 3.05) is 6.61 Å². The Morgan fingerprint density at radius 3 is 2.36 bits per heavy atom. The quantitative estimate of drug-likeness (QED) is 0.448. The fourth-order valence-corrected chi connectivity index (χ4v) is 4.65. The monoisotopic (exact) mass is 490 g/mol. The minimum Gasteiger partial charge on any atom is -0.492 e. The van der Waals surface area contributed by atoms with Crippen LogP contribution >= 0.6 is 11.6 Å². The Hall–Kier alpha value is -2.94. The van der Waals surface area contributed by atoms with Gasteiger partial charge in [-0.05, 0) is 54.8 Å². The van der Waals surface area contributed by atoms with Crippen molar-refractivity contribution in [1.82, 2.24) is 10.0 Å². The van der Waals surface area contributed by atoms with Crippen molar-refractivity contribution in [3.8, 4) is 5.75 Å². The highest BCUT2D eigenvalue weighted by Crippen LogP contribution is 2.27. The Kier molecular flexibility index (Phi) is 8.43. The predicted octanol–water partition coefficient (Wildman–Crippen LogP) is 4.08. The maximum Gasteiger partial charge on any atom is 0.241 e. The van der Waals surface area contributed by atoms with Gasteiger partial charge >= 0.3 is 0 Å². The molecule has 3 aromatic carbocycles. The highest BCUT2D eigenvalue weighted by Gasteiger charge is 2.26. The van der Waals surface area contributed by atoms with Gasteiger partial charge in [-0.15, -0.1) is 0 Å². The van der Waals surface area contributed by atoms with Crippen LogP contribution < -0.4 is 14.8 Å². The van der Waals surface area contributed by atoms with Gasteiger partial charge in [-0.2, -0.15) is 4.72 Å². The molecule has 0 bridgehead atoms. The molecule has 1 atom stereocenters. The number of ether oxygens (including phenoxy) is 1. The molecule has 0 fully saturated rings. The van der Waals surface area contributed by atoms with Gasteiger partial charge in [0.1, 0.15) is 17.6 Å². The van der Waals surface area contributed by atoms with Crippen LogP contribution in [0.25, 0.3) is 0 Å². The lowest BCUT2D eigenvalue weighted by Crippen LogP contribution is -2.47. The first kappa shape index (κ1) is 24.7. The van der Waals surface area contributed by atoms with Gasteiger partial charge in [0.25, 0.3) is 0 Å². The lowest BCUT2D eigenvalue weighted by atomic mass is 10.1. The third-order valence-electron chi connectivity index (χ3n) is 4.79. The van der Waals surface area contributed by atoms with E-state index in [4.69, 9.17) is 16.3 Å². The fourth-order valence-electron chi connectivity index (χ4n) is 3.13. The summed E-state index contributed by atoms with van der Waals surface area (Å²) < 4.78 is 47.0. The Balaban J connectivity index is 1.80. The van der Waals surface area contributed by atoms with Gasteiger partial charge in [0, 0.05) is 6.54 Å². The summed E-state index contributed by atoms with van der Waals surface area (Å²) in [6.45, 7) is 2.31. The van der Waals surface area contributed by atoms with Crippen molar-refractivity contribution in [3.05, 3.63) is 94.8 Å². The molecule has 9 heteroatoms. The molecule has 2 N–H and O–H groups in total. The molecule has 0 aliphatic rings. The average Bonchev–Trinajstić information content (AvgIpc) is 2.80. The SMILES string of the molecule is CCOc1ccc(S(=O)(=O)N[C@H](Cc2ccccc2)C(=O)NCc2ccc(F)cc2)cc1Cl. The van der Waals surface area contributed by atoms with Gasteiger partial charge < -0.3 is 10.1 Å². The predicted molar refractivity (Wildman–Crippen MR) is 125 cm³/mol. The van der Waals surface area contributed by atoms with Gasteiger partial charge in [0.2, 0.25) is 15.9 Å². The number of hydrogen-bond donors (Lipinski definition) is 2. The smallest absolute Gasteiger partial charge is 0.241 e. The molecule has 174 valence electrons. The van der Waals surface area contributed by atoms with Gasteiger partial charge in [-0.25, -0.2) is 12.8 Å². The number of rotatable bonds is 10. The lowest BCUT2D eigenvalue weighted by molar-refractivity contribution is -0.122. The van der Waals surface area contributed by atoms with E-state index >= 15 is 0 Å². The van der Waals surface area contributed by atoms with E-state index in [1.807, 2.05) is 30.3 Å². The second-order valence-corrected chi connectivity index (χ2v) is 9.35.